The van der Waals surface area contributed by atoms with Crippen molar-refractivity contribution in [2.75, 3.05) is 15.5 Å². The third-order valence-electron chi connectivity index (χ3n) is 4.54. The number of rotatable bonds is 6. The summed E-state index contributed by atoms with van der Waals surface area (Å²) in [5.74, 6) is -1.45. The number of nitrogens with zero attached hydrogens (tertiary/aromatic N) is 2. The largest absolute Gasteiger partial charge is 0.356 e. The molecule has 0 unspecified atom stereocenters. The van der Waals surface area contributed by atoms with Gasteiger partial charge in [-0.15, -0.1) is 0 Å². The summed E-state index contributed by atoms with van der Waals surface area (Å²) in [6.45, 7) is 0. The minimum absolute atomic E-state index is 0.0709. The lowest BCUT2D eigenvalue weighted by Crippen LogP contribution is -2.32. The van der Waals surface area contributed by atoms with E-state index in [-0.39, 0.29) is 22.1 Å². The second kappa shape index (κ2) is 8.29. The second-order valence-corrected chi connectivity index (χ2v) is 6.98. The normalized spacial score (nSPS) is 13.5. The molecule has 0 radical (unpaired) electrons. The molecule has 31 heavy (non-hydrogen) atoms. The summed E-state index contributed by atoms with van der Waals surface area (Å²) in [7, 11) is 0. The van der Waals surface area contributed by atoms with Crippen LogP contribution >= 0.6 is 11.6 Å². The van der Waals surface area contributed by atoms with Crippen LogP contribution in [0.3, 0.4) is 0 Å². The summed E-state index contributed by atoms with van der Waals surface area (Å²) in [6, 6.07) is 22.0. The molecule has 1 aliphatic heterocycles. The Balaban J connectivity index is 1.52. The molecule has 1 aliphatic rings. The maximum absolute atomic E-state index is 12.8. The predicted molar refractivity (Wildman–Crippen MR) is 118 cm³/mol. The number of nitro benzene ring substituents is 1. The van der Waals surface area contributed by atoms with Crippen LogP contribution in [0.1, 0.15) is 0 Å². The zero-order chi connectivity index (χ0) is 22.0. The molecule has 8 nitrogen and oxygen atoms in total. The number of carbonyl (C=O) groups excluding carboxylic acids is 2. The van der Waals surface area contributed by atoms with Gasteiger partial charge in [0.15, 0.2) is 0 Å². The van der Waals surface area contributed by atoms with Gasteiger partial charge >= 0.3 is 0 Å². The second-order valence-electron chi connectivity index (χ2n) is 6.61. The lowest BCUT2D eigenvalue weighted by molar-refractivity contribution is -0.384. The predicted octanol–water partition coefficient (Wildman–Crippen LogP) is 4.77. The first-order valence-electron chi connectivity index (χ1n) is 9.16. The van der Waals surface area contributed by atoms with E-state index in [4.69, 9.17) is 11.6 Å². The highest BCUT2D eigenvalue weighted by Crippen LogP contribution is 2.32. The number of nitrogens with one attached hydrogen (secondary N) is 2. The molecule has 4 rings (SSSR count). The van der Waals surface area contributed by atoms with Crippen molar-refractivity contribution in [3.63, 3.8) is 0 Å². The van der Waals surface area contributed by atoms with Gasteiger partial charge in [0, 0.05) is 29.2 Å². The lowest BCUT2D eigenvalue weighted by atomic mass is 10.2. The Morgan fingerprint density at radius 2 is 1.39 bits per heavy atom. The fraction of sp³-hybridized carbons (Fsp3) is 0. The molecule has 3 aromatic carbocycles. The molecule has 154 valence electrons. The van der Waals surface area contributed by atoms with Crippen molar-refractivity contribution >= 4 is 51.9 Å². The highest BCUT2D eigenvalue weighted by Gasteiger charge is 2.39. The average molecular weight is 435 g/mol. The van der Waals surface area contributed by atoms with Crippen LogP contribution in [0.15, 0.2) is 89.6 Å². The maximum atomic E-state index is 12.8. The van der Waals surface area contributed by atoms with Gasteiger partial charge in [-0.3, -0.25) is 19.7 Å². The quantitative estimate of drug-likeness (QED) is 0.329. The maximum Gasteiger partial charge on any atom is 0.283 e. The van der Waals surface area contributed by atoms with Crippen LogP contribution in [0.25, 0.3) is 0 Å². The standard InChI is InChI=1S/C22H15ClN4O4/c23-19-20(22(29)26(21(19)28)17-7-4-8-18(13-17)27(30)31)25-16-11-9-15(10-12-16)24-14-5-2-1-3-6-14/h1-13,24-25H. The van der Waals surface area contributed by atoms with Gasteiger partial charge in [0.2, 0.25) is 0 Å². The van der Waals surface area contributed by atoms with E-state index in [1.807, 2.05) is 42.5 Å². The summed E-state index contributed by atoms with van der Waals surface area (Å²) in [5.41, 5.74) is 2.05. The smallest absolute Gasteiger partial charge is 0.283 e. The first-order chi connectivity index (χ1) is 14.9. The van der Waals surface area contributed by atoms with Gasteiger partial charge in [-0.05, 0) is 42.5 Å². The SMILES string of the molecule is O=C1C(Cl)=C(Nc2ccc(Nc3ccccc3)cc2)C(=O)N1c1cccc([N+](=O)[O-])c1. The van der Waals surface area contributed by atoms with E-state index < -0.39 is 16.7 Å². The molecule has 2 amide bonds. The van der Waals surface area contributed by atoms with E-state index in [0.29, 0.717) is 5.69 Å². The van der Waals surface area contributed by atoms with E-state index >= 15 is 0 Å². The Bertz CT molecular complexity index is 1210. The first kappa shape index (κ1) is 20.1. The van der Waals surface area contributed by atoms with Crippen LogP contribution in [0.2, 0.25) is 0 Å². The van der Waals surface area contributed by atoms with Crippen LogP contribution in [0.5, 0.6) is 0 Å². The van der Waals surface area contributed by atoms with Gasteiger partial charge in [0.25, 0.3) is 17.5 Å². The zero-order valence-electron chi connectivity index (χ0n) is 15.9. The van der Waals surface area contributed by atoms with Gasteiger partial charge in [0.05, 0.1) is 10.6 Å². The minimum atomic E-state index is -0.753. The number of amides is 2. The molecular formula is C22H15ClN4O4. The molecule has 0 saturated carbocycles. The molecule has 0 saturated heterocycles. The number of nitro groups is 1. The molecule has 0 spiro atoms. The number of imide groups is 1. The van der Waals surface area contributed by atoms with E-state index in [1.54, 1.807) is 12.1 Å². The lowest BCUT2D eigenvalue weighted by Gasteiger charge is -2.15. The van der Waals surface area contributed by atoms with Crippen LogP contribution < -0.4 is 15.5 Å². The van der Waals surface area contributed by atoms with E-state index in [0.717, 1.165) is 22.3 Å². The molecule has 0 aliphatic carbocycles. The Kier molecular flexibility index (Phi) is 5.38. The minimum Gasteiger partial charge on any atom is -0.356 e. The Hall–Kier alpha value is -4.17. The fourth-order valence-electron chi connectivity index (χ4n) is 3.06. The molecule has 9 heteroatoms. The Morgan fingerprint density at radius 3 is 2.03 bits per heavy atom. The topological polar surface area (TPSA) is 105 Å². The average Bonchev–Trinajstić information content (AvgIpc) is 2.99. The van der Waals surface area contributed by atoms with Crippen LogP contribution in [-0.2, 0) is 9.59 Å². The summed E-state index contributed by atoms with van der Waals surface area (Å²) in [4.78, 5) is 36.6. The van der Waals surface area contributed by atoms with Gasteiger partial charge in [-0.1, -0.05) is 35.9 Å². The molecule has 1 heterocycles. The number of para-hydroxylation sites is 1. The fourth-order valence-corrected chi connectivity index (χ4v) is 3.27. The summed E-state index contributed by atoms with van der Waals surface area (Å²) < 4.78 is 0. The van der Waals surface area contributed by atoms with Gasteiger partial charge < -0.3 is 10.6 Å². The number of anilines is 4. The number of non-ortho nitro benzene ring substituents is 1. The summed E-state index contributed by atoms with van der Waals surface area (Å²) in [5, 5.41) is 16.8. The summed E-state index contributed by atoms with van der Waals surface area (Å²) >= 11 is 6.12. The van der Waals surface area contributed by atoms with Crippen LogP contribution in [0, 0.1) is 10.1 Å². The molecule has 0 aromatic heterocycles. The van der Waals surface area contributed by atoms with E-state index in [1.165, 1.54) is 18.2 Å². The third-order valence-corrected chi connectivity index (χ3v) is 4.89. The van der Waals surface area contributed by atoms with E-state index in [9.17, 15) is 19.7 Å². The third kappa shape index (κ3) is 4.10. The van der Waals surface area contributed by atoms with Crippen molar-refractivity contribution in [3.05, 3.63) is 99.7 Å². The first-order valence-corrected chi connectivity index (χ1v) is 9.54. The van der Waals surface area contributed by atoms with Crippen molar-refractivity contribution in [1.82, 2.24) is 0 Å². The highest BCUT2D eigenvalue weighted by atomic mass is 35.5. The molecule has 3 aromatic rings. The van der Waals surface area contributed by atoms with Crippen molar-refractivity contribution in [2.24, 2.45) is 0 Å². The summed E-state index contributed by atoms with van der Waals surface area (Å²) in [6.07, 6.45) is 0. The molecule has 0 atom stereocenters. The number of benzene rings is 3. The van der Waals surface area contributed by atoms with Crippen molar-refractivity contribution in [2.45, 2.75) is 0 Å². The molecular weight excluding hydrogens is 420 g/mol. The molecule has 2 N–H and O–H groups in total. The monoisotopic (exact) mass is 434 g/mol. The molecule has 0 fully saturated rings. The zero-order valence-corrected chi connectivity index (χ0v) is 16.7. The van der Waals surface area contributed by atoms with Crippen LogP contribution in [-0.4, -0.2) is 16.7 Å². The highest BCUT2D eigenvalue weighted by molar-refractivity contribution is 6.53. The number of halogens is 1. The molecule has 0 bridgehead atoms. The van der Waals surface area contributed by atoms with Crippen molar-refractivity contribution in [1.29, 1.82) is 0 Å². The van der Waals surface area contributed by atoms with Gasteiger partial charge in [-0.25, -0.2) is 4.90 Å². The van der Waals surface area contributed by atoms with Crippen molar-refractivity contribution in [3.8, 4) is 0 Å². The van der Waals surface area contributed by atoms with Gasteiger partial charge in [-0.2, -0.15) is 0 Å². The van der Waals surface area contributed by atoms with E-state index in [2.05, 4.69) is 10.6 Å². The number of carbonyl (C=O) groups is 2. The van der Waals surface area contributed by atoms with Crippen LogP contribution in [0.4, 0.5) is 28.4 Å². The van der Waals surface area contributed by atoms with Gasteiger partial charge in [0.1, 0.15) is 10.7 Å². The Labute approximate surface area is 181 Å². The number of hydrogen-bond donors (Lipinski definition) is 2. The Morgan fingerprint density at radius 1 is 0.774 bits per heavy atom. The van der Waals surface area contributed by atoms with Crippen molar-refractivity contribution < 1.29 is 14.5 Å². The number of hydrogen-bond acceptors (Lipinski definition) is 6.